The first-order valence-corrected chi connectivity index (χ1v) is 25.2. The Morgan fingerprint density at radius 1 is 0.471 bits per heavy atom. The molecule has 0 aromatic heterocycles. The Balaban J connectivity index is 0.000000340. The van der Waals surface area contributed by atoms with Crippen LogP contribution in [0.1, 0.15) is 79.1 Å². The second-order valence-electron chi connectivity index (χ2n) is 8.59. The molecule has 10 heteroatoms. The number of hydrogen-bond donors (Lipinski definition) is 0. The van der Waals surface area contributed by atoms with E-state index in [4.69, 9.17) is 12.3 Å². The van der Waals surface area contributed by atoms with Gasteiger partial charge in [-0.3, -0.25) is 0 Å². The van der Waals surface area contributed by atoms with Crippen molar-refractivity contribution in [1.82, 2.24) is 0 Å². The van der Waals surface area contributed by atoms with Gasteiger partial charge < -0.3 is 0 Å². The summed E-state index contributed by atoms with van der Waals surface area (Å²) in [6.45, 7) is 8.33. The van der Waals surface area contributed by atoms with Gasteiger partial charge in [-0.25, -0.2) is 0 Å². The van der Waals surface area contributed by atoms with Gasteiger partial charge in [0.15, 0.2) is 0 Å². The van der Waals surface area contributed by atoms with Crippen LogP contribution in [0.2, 0.25) is 17.7 Å². The Morgan fingerprint density at radius 2 is 0.676 bits per heavy atom. The maximum absolute atomic E-state index is 11.5. The van der Waals surface area contributed by atoms with Gasteiger partial charge in [0.05, 0.1) is 0 Å². The van der Waals surface area contributed by atoms with Gasteiger partial charge in [0.25, 0.3) is 0 Å². The molecule has 2 heterocycles. The molecule has 0 saturated heterocycles. The van der Waals surface area contributed by atoms with E-state index >= 15 is 0 Å². The first-order chi connectivity index (χ1) is 16.2. The average Bonchev–Trinajstić information content (AvgIpc) is 3.05. The zero-order valence-electron chi connectivity index (χ0n) is 21.1. The molecule has 0 radical (unpaired) electrons. The molecule has 0 N–H and O–H groups in total. The van der Waals surface area contributed by atoms with E-state index < -0.39 is 62.3 Å². The second kappa shape index (κ2) is 16.6. The summed E-state index contributed by atoms with van der Waals surface area (Å²) in [6.07, 6.45) is 12.6. The van der Waals surface area contributed by atoms with Crippen LogP contribution in [0.5, 0.6) is 0 Å². The van der Waals surface area contributed by atoms with Crippen LogP contribution in [0.3, 0.4) is 0 Å². The van der Waals surface area contributed by atoms with Gasteiger partial charge >= 0.3 is 215 Å². The molecule has 2 aliphatic rings. The fourth-order valence-electron chi connectivity index (χ4n) is 3.63. The molecule has 2 aliphatic heterocycles. The van der Waals surface area contributed by atoms with E-state index in [2.05, 4.69) is 27.7 Å². The average molecular weight is 694 g/mol. The maximum atomic E-state index is 11.5. The molecule has 192 valence electrons. The van der Waals surface area contributed by atoms with E-state index in [0.717, 1.165) is 69.1 Å². The minimum atomic E-state index is -3.49. The van der Waals surface area contributed by atoms with Gasteiger partial charge in [-0.2, -0.15) is 0 Å². The first kappa shape index (κ1) is 31.0. The molecular formula is C24H40O8Sn2. The second-order valence-corrected chi connectivity index (χ2v) is 27.0. The van der Waals surface area contributed by atoms with Gasteiger partial charge in [-0.1, -0.05) is 0 Å². The van der Waals surface area contributed by atoms with Crippen LogP contribution in [0.4, 0.5) is 0 Å². The molecule has 0 amide bonds. The van der Waals surface area contributed by atoms with Gasteiger partial charge in [0.2, 0.25) is 0 Å². The van der Waals surface area contributed by atoms with Crippen LogP contribution < -0.4 is 0 Å². The molecule has 0 fully saturated rings. The van der Waals surface area contributed by atoms with Crippen LogP contribution >= 0.6 is 0 Å². The van der Waals surface area contributed by atoms with Crippen LogP contribution in [-0.4, -0.2) is 62.3 Å². The molecule has 0 aromatic carbocycles. The molecule has 0 aromatic rings. The first-order valence-electron chi connectivity index (χ1n) is 12.5. The Morgan fingerprint density at radius 3 is 0.853 bits per heavy atom. The summed E-state index contributed by atoms with van der Waals surface area (Å²) >= 11 is -6.97. The van der Waals surface area contributed by atoms with Gasteiger partial charge in [0.1, 0.15) is 0 Å². The molecule has 34 heavy (non-hydrogen) atoms. The number of carbonyl (C=O) groups is 4. The van der Waals surface area contributed by atoms with Crippen LogP contribution in [0.15, 0.2) is 24.3 Å². The summed E-state index contributed by atoms with van der Waals surface area (Å²) in [5.41, 5.74) is 0. The molecule has 0 aliphatic carbocycles. The standard InChI is InChI=1S/2C4H4O4.4C4H9.2Sn/c2*5-3(6)1-2-4(7)8;4*1-3-4-2;;/h2*1-2H,(H,5,6)(H,7,8);4*1,3-4H2,2H3;;/q;;;;;;2*+2/p-4. The summed E-state index contributed by atoms with van der Waals surface area (Å²) in [7, 11) is 0. The number of unbranched alkanes of at least 4 members (excludes halogenated alkanes) is 4. The van der Waals surface area contributed by atoms with Gasteiger partial charge in [-0.05, 0) is 0 Å². The number of rotatable bonds is 12. The van der Waals surface area contributed by atoms with Crippen molar-refractivity contribution in [2.45, 2.75) is 96.8 Å². The zero-order valence-corrected chi connectivity index (χ0v) is 26.8. The van der Waals surface area contributed by atoms with E-state index in [1.807, 2.05) is 0 Å². The van der Waals surface area contributed by atoms with E-state index in [1.165, 1.54) is 24.3 Å². The Kier molecular flexibility index (Phi) is 15.1. The van der Waals surface area contributed by atoms with Crippen molar-refractivity contribution in [2.75, 3.05) is 0 Å². The minimum absolute atomic E-state index is 0.404. The molecule has 0 atom stereocenters. The van der Waals surface area contributed by atoms with Crippen LogP contribution in [0.25, 0.3) is 0 Å². The topological polar surface area (TPSA) is 105 Å². The molecule has 2 rings (SSSR count). The van der Waals surface area contributed by atoms with E-state index in [-0.39, 0.29) is 0 Å². The summed E-state index contributed by atoms with van der Waals surface area (Å²) in [4.78, 5) is 45.9. The molecule has 0 bridgehead atoms. The normalized spacial score (nSPS) is 18.5. The van der Waals surface area contributed by atoms with Crippen molar-refractivity contribution < 1.29 is 31.5 Å². The molecule has 8 nitrogen and oxygen atoms in total. The SMILES string of the molecule is CCC[CH2][Sn]1([CH2]CCC)[O]C(=O)C=CC(=O)[O]1.CCC[CH2][Sn]1([CH2]CCC)[O]C(=O)C=CC(=O)[O]1. The Hall–Kier alpha value is -1.04. The van der Waals surface area contributed by atoms with E-state index in [1.54, 1.807) is 0 Å². The summed E-state index contributed by atoms with van der Waals surface area (Å²) in [5, 5.41) is 0. The van der Waals surface area contributed by atoms with Gasteiger partial charge in [0, 0.05) is 0 Å². The predicted octanol–water partition coefficient (Wildman–Crippen LogP) is 5.37. The molecule has 0 unspecified atom stereocenters. The third-order valence-corrected chi connectivity index (χ3v) is 24.8. The van der Waals surface area contributed by atoms with E-state index in [0.29, 0.717) is 0 Å². The Bertz CT molecular complexity index is 625. The van der Waals surface area contributed by atoms with Crippen molar-refractivity contribution in [1.29, 1.82) is 0 Å². The Labute approximate surface area is 213 Å². The van der Waals surface area contributed by atoms with Crippen molar-refractivity contribution in [3.63, 3.8) is 0 Å². The molecule has 0 saturated carbocycles. The summed E-state index contributed by atoms with van der Waals surface area (Å²) < 4.78 is 25.2. The third kappa shape index (κ3) is 11.6. The number of hydrogen-bond acceptors (Lipinski definition) is 8. The fraction of sp³-hybridized carbons (Fsp3) is 0.667. The van der Waals surface area contributed by atoms with E-state index in [9.17, 15) is 19.2 Å². The van der Waals surface area contributed by atoms with Crippen LogP contribution in [0, 0.1) is 0 Å². The van der Waals surface area contributed by atoms with Crippen molar-refractivity contribution in [2.24, 2.45) is 0 Å². The van der Waals surface area contributed by atoms with Gasteiger partial charge in [-0.15, -0.1) is 0 Å². The fourth-order valence-corrected chi connectivity index (χ4v) is 22.8. The molecule has 0 spiro atoms. The quantitative estimate of drug-likeness (QED) is 0.252. The van der Waals surface area contributed by atoms with Crippen molar-refractivity contribution in [3.8, 4) is 0 Å². The number of carbonyl (C=O) groups excluding carboxylic acids is 4. The van der Waals surface area contributed by atoms with Crippen LogP contribution in [-0.2, 0) is 31.5 Å². The predicted molar refractivity (Wildman–Crippen MR) is 133 cm³/mol. The van der Waals surface area contributed by atoms with Crippen molar-refractivity contribution in [3.05, 3.63) is 24.3 Å². The summed E-state index contributed by atoms with van der Waals surface area (Å²) in [6, 6.07) is 0. The zero-order chi connectivity index (χ0) is 25.5. The third-order valence-electron chi connectivity index (χ3n) is 5.50. The monoisotopic (exact) mass is 696 g/mol. The van der Waals surface area contributed by atoms with Crippen molar-refractivity contribution >= 4 is 62.3 Å². The summed E-state index contributed by atoms with van der Waals surface area (Å²) in [5.74, 6) is -1.62. The molecular weight excluding hydrogens is 654 g/mol.